The molecule has 0 radical (unpaired) electrons. The number of carbonyl (C=O) groups is 2. The van der Waals surface area contributed by atoms with Crippen molar-refractivity contribution < 1.29 is 14.3 Å². The van der Waals surface area contributed by atoms with E-state index in [0.29, 0.717) is 41.9 Å². The molecule has 0 fully saturated rings. The highest BCUT2D eigenvalue weighted by molar-refractivity contribution is 6.29. The van der Waals surface area contributed by atoms with Gasteiger partial charge in [-0.1, -0.05) is 11.6 Å². The fourth-order valence-electron chi connectivity index (χ4n) is 2.34. The number of hydrogen-bond donors (Lipinski definition) is 2. The van der Waals surface area contributed by atoms with E-state index < -0.39 is 6.03 Å². The summed E-state index contributed by atoms with van der Waals surface area (Å²) in [6.07, 6.45) is 2.17. The molecule has 1 aromatic heterocycles. The van der Waals surface area contributed by atoms with Gasteiger partial charge < -0.3 is 15.4 Å². The van der Waals surface area contributed by atoms with Crippen molar-refractivity contribution in [2.75, 3.05) is 17.2 Å². The number of halogens is 1. The molecular weight excluding hydrogens is 332 g/mol. The molecule has 0 aliphatic carbocycles. The number of urea groups is 1. The van der Waals surface area contributed by atoms with Crippen molar-refractivity contribution in [2.24, 2.45) is 4.99 Å². The van der Waals surface area contributed by atoms with Gasteiger partial charge in [-0.25, -0.2) is 9.78 Å². The van der Waals surface area contributed by atoms with Crippen molar-refractivity contribution in [1.82, 2.24) is 4.98 Å². The zero-order valence-electron chi connectivity index (χ0n) is 12.5. The van der Waals surface area contributed by atoms with Gasteiger partial charge in [0.25, 0.3) is 6.47 Å². The Morgan fingerprint density at radius 1 is 1.21 bits per heavy atom. The summed E-state index contributed by atoms with van der Waals surface area (Å²) in [6.45, 7) is 0.885. The Labute approximate surface area is 142 Å². The molecule has 0 saturated carbocycles. The fraction of sp³-hybridized carbons (Fsp3) is 0.125. The van der Waals surface area contributed by atoms with Crippen LogP contribution < -0.4 is 10.6 Å². The van der Waals surface area contributed by atoms with Gasteiger partial charge in [0.05, 0.1) is 11.9 Å². The lowest BCUT2D eigenvalue weighted by molar-refractivity contribution is -0.121. The summed E-state index contributed by atoms with van der Waals surface area (Å²) in [6, 6.07) is 8.15. The number of fused-ring (bicyclic) bond motifs is 1. The first kappa shape index (κ1) is 15.9. The maximum atomic E-state index is 12.0. The monoisotopic (exact) mass is 344 g/mol. The molecule has 2 N–H and O–H groups in total. The highest BCUT2D eigenvalue weighted by Gasteiger charge is 2.16. The van der Waals surface area contributed by atoms with Gasteiger partial charge in [-0.15, -0.1) is 0 Å². The Morgan fingerprint density at radius 2 is 2.00 bits per heavy atom. The van der Waals surface area contributed by atoms with E-state index in [1.807, 2.05) is 6.07 Å². The predicted molar refractivity (Wildman–Crippen MR) is 90.6 cm³/mol. The van der Waals surface area contributed by atoms with Gasteiger partial charge in [-0.2, -0.15) is 0 Å². The quantitative estimate of drug-likeness (QED) is 0.661. The number of aliphatic imine (C=N–C) groups is 1. The van der Waals surface area contributed by atoms with E-state index in [4.69, 9.17) is 16.3 Å². The van der Waals surface area contributed by atoms with Gasteiger partial charge >= 0.3 is 6.03 Å². The van der Waals surface area contributed by atoms with Crippen molar-refractivity contribution in [3.63, 3.8) is 0 Å². The molecule has 0 saturated heterocycles. The lowest BCUT2D eigenvalue weighted by Gasteiger charge is -2.16. The minimum Gasteiger partial charge on any atom is -0.409 e. The smallest absolute Gasteiger partial charge is 0.323 e. The second-order valence-electron chi connectivity index (χ2n) is 4.97. The van der Waals surface area contributed by atoms with Crippen LogP contribution in [-0.2, 0) is 16.0 Å². The Kier molecular flexibility index (Phi) is 4.72. The summed E-state index contributed by atoms with van der Waals surface area (Å²) in [5.41, 5.74) is 2.86. The predicted octanol–water partition coefficient (Wildman–Crippen LogP) is 2.85. The first-order valence-corrected chi connectivity index (χ1v) is 7.51. The topological polar surface area (TPSA) is 92.7 Å². The van der Waals surface area contributed by atoms with Gasteiger partial charge in [-0.05, 0) is 42.3 Å². The van der Waals surface area contributed by atoms with Gasteiger partial charge in [0.2, 0.25) is 5.90 Å². The molecule has 0 atom stereocenters. The van der Waals surface area contributed by atoms with Crippen LogP contribution in [0, 0.1) is 0 Å². The average molecular weight is 345 g/mol. The van der Waals surface area contributed by atoms with Crippen molar-refractivity contribution in [3.8, 4) is 0 Å². The van der Waals surface area contributed by atoms with E-state index in [1.54, 1.807) is 24.3 Å². The highest BCUT2D eigenvalue weighted by atomic mass is 35.5. The molecular formula is C16H13ClN4O3. The minimum atomic E-state index is -0.395. The number of pyridine rings is 1. The van der Waals surface area contributed by atoms with Crippen molar-refractivity contribution in [2.45, 2.75) is 6.42 Å². The van der Waals surface area contributed by atoms with Gasteiger partial charge in [0, 0.05) is 17.8 Å². The number of anilines is 2. The highest BCUT2D eigenvalue weighted by Crippen LogP contribution is 2.21. The third kappa shape index (κ3) is 3.69. The number of nitrogens with zero attached hydrogens (tertiary/aromatic N) is 2. The third-order valence-corrected chi connectivity index (χ3v) is 3.60. The molecule has 8 heteroatoms. The molecule has 3 rings (SSSR count). The summed E-state index contributed by atoms with van der Waals surface area (Å²) in [4.78, 5) is 30.6. The van der Waals surface area contributed by atoms with E-state index >= 15 is 0 Å². The van der Waals surface area contributed by atoms with Crippen LogP contribution in [0.3, 0.4) is 0 Å². The standard InChI is InChI=1S/C16H13ClN4O3/c17-14-4-2-12(8-19-14)21-16(23)20-11-1-3-13-10(7-11)5-6-18-15(13)24-9-22/h1-4,7-9H,5-6H2,(H2,20,21,23). The zero-order valence-corrected chi connectivity index (χ0v) is 13.2. The summed E-state index contributed by atoms with van der Waals surface area (Å²) < 4.78 is 4.87. The zero-order chi connectivity index (χ0) is 16.9. The SMILES string of the molecule is O=COC1=NCCc2cc(NC(=O)Nc3ccc(Cl)nc3)ccc21. The molecule has 0 bridgehead atoms. The van der Waals surface area contributed by atoms with Gasteiger partial charge in [0.15, 0.2) is 0 Å². The van der Waals surface area contributed by atoms with Crippen molar-refractivity contribution in [3.05, 3.63) is 52.8 Å². The molecule has 0 spiro atoms. The second-order valence-corrected chi connectivity index (χ2v) is 5.36. The Hall–Kier alpha value is -2.93. The average Bonchev–Trinajstić information content (AvgIpc) is 2.57. The number of amides is 2. The van der Waals surface area contributed by atoms with E-state index in [9.17, 15) is 9.59 Å². The Morgan fingerprint density at radius 3 is 2.75 bits per heavy atom. The van der Waals surface area contributed by atoms with Crippen LogP contribution in [0.5, 0.6) is 0 Å². The number of rotatable bonds is 3. The minimum absolute atomic E-state index is 0.300. The van der Waals surface area contributed by atoms with E-state index in [0.717, 1.165) is 11.1 Å². The Bertz CT molecular complexity index is 805. The van der Waals surface area contributed by atoms with E-state index in [1.165, 1.54) is 6.20 Å². The van der Waals surface area contributed by atoms with Crippen LogP contribution in [0.25, 0.3) is 0 Å². The largest absolute Gasteiger partial charge is 0.409 e. The molecule has 24 heavy (non-hydrogen) atoms. The molecule has 122 valence electrons. The van der Waals surface area contributed by atoms with Crippen molar-refractivity contribution >= 4 is 41.4 Å². The number of benzene rings is 1. The molecule has 2 amide bonds. The van der Waals surface area contributed by atoms with E-state index in [-0.39, 0.29) is 0 Å². The normalized spacial score (nSPS) is 12.6. The second kappa shape index (κ2) is 7.10. The number of aromatic nitrogens is 1. The lowest BCUT2D eigenvalue weighted by atomic mass is 10.0. The lowest BCUT2D eigenvalue weighted by Crippen LogP contribution is -2.20. The maximum absolute atomic E-state index is 12.0. The fourth-order valence-corrected chi connectivity index (χ4v) is 2.45. The van der Waals surface area contributed by atoms with Crippen LogP contribution in [0.1, 0.15) is 11.1 Å². The molecule has 2 aromatic rings. The van der Waals surface area contributed by atoms with Crippen LogP contribution >= 0.6 is 11.6 Å². The van der Waals surface area contributed by atoms with Crippen molar-refractivity contribution in [1.29, 1.82) is 0 Å². The first-order valence-electron chi connectivity index (χ1n) is 7.13. The summed E-state index contributed by atoms with van der Waals surface area (Å²) in [5, 5.41) is 5.75. The van der Waals surface area contributed by atoms with Crippen LogP contribution in [-0.4, -0.2) is 29.9 Å². The van der Waals surface area contributed by atoms with Crippen LogP contribution in [0.2, 0.25) is 5.15 Å². The summed E-state index contributed by atoms with van der Waals surface area (Å²) in [5.74, 6) is 0.300. The molecule has 1 aliphatic heterocycles. The summed E-state index contributed by atoms with van der Waals surface area (Å²) in [7, 11) is 0. The molecule has 0 unspecified atom stereocenters. The van der Waals surface area contributed by atoms with Crippen LogP contribution in [0.4, 0.5) is 16.2 Å². The number of nitrogens with one attached hydrogen (secondary N) is 2. The number of hydrogen-bond acceptors (Lipinski definition) is 5. The third-order valence-electron chi connectivity index (χ3n) is 3.38. The number of carbonyl (C=O) groups excluding carboxylic acids is 2. The van der Waals surface area contributed by atoms with Gasteiger partial charge in [0.1, 0.15) is 5.15 Å². The number of ether oxygens (including phenoxy) is 1. The molecule has 2 heterocycles. The molecule has 1 aliphatic rings. The molecule has 7 nitrogen and oxygen atoms in total. The molecule has 1 aromatic carbocycles. The summed E-state index contributed by atoms with van der Waals surface area (Å²) >= 11 is 5.70. The van der Waals surface area contributed by atoms with E-state index in [2.05, 4.69) is 20.6 Å². The van der Waals surface area contributed by atoms with Gasteiger partial charge in [-0.3, -0.25) is 9.79 Å². The van der Waals surface area contributed by atoms with Crippen LogP contribution in [0.15, 0.2) is 41.5 Å². The first-order chi connectivity index (χ1) is 11.7. The Balaban J connectivity index is 1.70. The maximum Gasteiger partial charge on any atom is 0.323 e.